The van der Waals surface area contributed by atoms with Gasteiger partial charge in [0.25, 0.3) is 0 Å². The van der Waals surface area contributed by atoms with Gasteiger partial charge in [-0.05, 0) is 103 Å². The molecule has 6 atom stereocenters. The van der Waals surface area contributed by atoms with Crippen LogP contribution in [0.3, 0.4) is 0 Å². The first kappa shape index (κ1) is 44.4. The summed E-state index contributed by atoms with van der Waals surface area (Å²) in [5.41, 5.74) is 22.5. The van der Waals surface area contributed by atoms with E-state index in [2.05, 4.69) is 33.2 Å². The average Bonchev–Trinajstić information content (AvgIpc) is 3.02. The van der Waals surface area contributed by atoms with Crippen molar-refractivity contribution in [2.75, 3.05) is 19.6 Å². The van der Waals surface area contributed by atoms with E-state index in [9.17, 15) is 33.9 Å². The summed E-state index contributed by atoms with van der Waals surface area (Å²) in [5.74, 6) is -4.34. The van der Waals surface area contributed by atoms with Crippen LogP contribution in [0.5, 0.6) is 0 Å². The van der Waals surface area contributed by atoms with Crippen LogP contribution in [0.1, 0.15) is 91.4 Å². The number of nitrogens with two attached hydrogens (primary N) is 4. The normalized spacial score (nSPS) is 14.8. The summed E-state index contributed by atoms with van der Waals surface area (Å²) in [6, 6.07) is -6.31. The number of nitrogens with one attached hydrogen (secondary N) is 5. The lowest BCUT2D eigenvalue weighted by Crippen LogP contribution is -2.59. The predicted octanol–water partition coefficient (Wildman–Crippen LogP) is -1.15. The second-order valence-electron chi connectivity index (χ2n) is 12.4. The number of amides is 5. The zero-order chi connectivity index (χ0) is 36.6. The standard InChI is InChI=1S/C32H61N9O7/c1-5-12-22(28(43)39-25(15-8-11-18-35)31(46)41-26(32(47)48)19-20(2)3)38-30(45)24(14-7-10-17-34)40-29(44)23(13-6-9-16-33)37-27(42)21(4)36/h5,20-26H,1,6-19,33-36H2,2-4H3,(H,37,42)(H,38,45)(H,39,43)(H,40,44)(H,41,46)(H,47,48)/t21-,22-,23-,24-,25-,26-/m0/s1. The maximum absolute atomic E-state index is 13.6. The molecule has 0 spiro atoms. The Morgan fingerprint density at radius 2 is 0.917 bits per heavy atom. The summed E-state index contributed by atoms with van der Waals surface area (Å²) < 4.78 is 0. The Morgan fingerprint density at radius 1 is 0.583 bits per heavy atom. The van der Waals surface area contributed by atoms with Gasteiger partial charge in [0.05, 0.1) is 6.04 Å². The predicted molar refractivity (Wildman–Crippen MR) is 184 cm³/mol. The lowest BCUT2D eigenvalue weighted by molar-refractivity contribution is -0.142. The first-order valence-corrected chi connectivity index (χ1v) is 16.9. The molecule has 0 saturated carbocycles. The van der Waals surface area contributed by atoms with Crippen molar-refractivity contribution >= 4 is 35.5 Å². The third-order valence-electron chi connectivity index (χ3n) is 7.51. The third kappa shape index (κ3) is 18.7. The van der Waals surface area contributed by atoms with E-state index in [0.29, 0.717) is 58.2 Å². The van der Waals surface area contributed by atoms with Crippen LogP contribution >= 0.6 is 0 Å². The smallest absolute Gasteiger partial charge is 0.326 e. The number of rotatable bonds is 27. The maximum atomic E-state index is 13.6. The molecule has 0 radical (unpaired) electrons. The van der Waals surface area contributed by atoms with Crippen LogP contribution < -0.4 is 49.5 Å². The molecule has 0 rings (SSSR count). The number of aliphatic carboxylic acids is 1. The van der Waals surface area contributed by atoms with E-state index >= 15 is 0 Å². The monoisotopic (exact) mass is 683 g/mol. The van der Waals surface area contributed by atoms with Gasteiger partial charge in [-0.2, -0.15) is 0 Å². The molecule has 0 aromatic carbocycles. The van der Waals surface area contributed by atoms with E-state index in [0.717, 1.165) is 0 Å². The molecule has 0 aliphatic carbocycles. The fourth-order valence-electron chi connectivity index (χ4n) is 4.77. The molecule has 16 nitrogen and oxygen atoms in total. The average molecular weight is 684 g/mol. The Labute approximate surface area is 284 Å². The quantitative estimate of drug-likeness (QED) is 0.0364. The number of carbonyl (C=O) groups is 6. The summed E-state index contributed by atoms with van der Waals surface area (Å²) in [4.78, 5) is 77.7. The van der Waals surface area contributed by atoms with Gasteiger partial charge in [-0.3, -0.25) is 24.0 Å². The topological polar surface area (TPSA) is 287 Å². The highest BCUT2D eigenvalue weighted by atomic mass is 16.4. The number of hydrogen-bond acceptors (Lipinski definition) is 10. The van der Waals surface area contributed by atoms with Gasteiger partial charge in [0.2, 0.25) is 29.5 Å². The minimum absolute atomic E-state index is 0.00453. The van der Waals surface area contributed by atoms with Crippen molar-refractivity contribution in [3.63, 3.8) is 0 Å². The summed E-state index contributed by atoms with van der Waals surface area (Å²) in [7, 11) is 0. The van der Waals surface area contributed by atoms with Crippen molar-refractivity contribution in [3.8, 4) is 0 Å². The Hall–Kier alpha value is -3.60. The number of unbranched alkanes of at least 4 members (excludes halogenated alkanes) is 3. The molecule has 16 heteroatoms. The number of hydrogen-bond donors (Lipinski definition) is 10. The SMILES string of the molecule is C=CC[C@H](NC(=O)[C@H](CCCCN)NC(=O)[C@H](CCCCN)NC(=O)[C@H](C)N)C(=O)N[C@@H](CCCCN)C(=O)N[C@@H](CC(C)C)C(=O)O. The lowest BCUT2D eigenvalue weighted by Gasteiger charge is -2.27. The summed E-state index contributed by atoms with van der Waals surface area (Å²) in [6.07, 6.45) is 5.56. The van der Waals surface area contributed by atoms with Gasteiger partial charge in [0, 0.05) is 0 Å². The van der Waals surface area contributed by atoms with Crippen LogP contribution in [0, 0.1) is 5.92 Å². The Morgan fingerprint density at radius 3 is 1.23 bits per heavy atom. The molecule has 0 fully saturated rings. The third-order valence-corrected chi connectivity index (χ3v) is 7.51. The van der Waals surface area contributed by atoms with Crippen LogP contribution in [-0.4, -0.2) is 96.5 Å². The van der Waals surface area contributed by atoms with Crippen LogP contribution in [0.25, 0.3) is 0 Å². The van der Waals surface area contributed by atoms with E-state index in [4.69, 9.17) is 22.9 Å². The summed E-state index contributed by atoms with van der Waals surface area (Å²) >= 11 is 0. The molecule has 0 aromatic rings. The summed E-state index contributed by atoms with van der Waals surface area (Å²) in [5, 5.41) is 22.8. The number of carboxylic acids is 1. The molecule has 5 amide bonds. The minimum atomic E-state index is -1.19. The lowest BCUT2D eigenvalue weighted by atomic mass is 10.0. The summed E-state index contributed by atoms with van der Waals surface area (Å²) in [6.45, 7) is 9.95. The molecule has 0 aromatic heterocycles. The first-order chi connectivity index (χ1) is 22.7. The number of carboxylic acid groups (broad SMARTS) is 1. The second kappa shape index (κ2) is 25.4. The van der Waals surface area contributed by atoms with Gasteiger partial charge in [-0.25, -0.2) is 4.79 Å². The minimum Gasteiger partial charge on any atom is -0.480 e. The fraction of sp³-hybridized carbons (Fsp3) is 0.750. The molecule has 0 saturated heterocycles. The molecule has 0 aliphatic heterocycles. The first-order valence-electron chi connectivity index (χ1n) is 16.9. The largest absolute Gasteiger partial charge is 0.480 e. The highest BCUT2D eigenvalue weighted by Crippen LogP contribution is 2.10. The van der Waals surface area contributed by atoms with Crippen LogP contribution in [-0.2, 0) is 28.8 Å². The van der Waals surface area contributed by atoms with E-state index in [1.807, 2.05) is 13.8 Å². The molecule has 0 aliphatic rings. The molecule has 0 unspecified atom stereocenters. The molecular weight excluding hydrogens is 622 g/mol. The highest BCUT2D eigenvalue weighted by molar-refractivity contribution is 5.96. The van der Waals surface area contributed by atoms with Crippen molar-refractivity contribution in [2.45, 2.75) is 128 Å². The molecule has 276 valence electrons. The Bertz CT molecular complexity index is 1030. The molecule has 14 N–H and O–H groups in total. The van der Waals surface area contributed by atoms with Gasteiger partial charge in [0.1, 0.15) is 30.2 Å². The van der Waals surface area contributed by atoms with Gasteiger partial charge < -0.3 is 54.6 Å². The van der Waals surface area contributed by atoms with E-state index < -0.39 is 71.8 Å². The van der Waals surface area contributed by atoms with Crippen molar-refractivity contribution in [3.05, 3.63) is 12.7 Å². The van der Waals surface area contributed by atoms with Crippen LogP contribution in [0.4, 0.5) is 0 Å². The van der Waals surface area contributed by atoms with E-state index in [1.165, 1.54) is 13.0 Å². The van der Waals surface area contributed by atoms with Crippen molar-refractivity contribution in [2.24, 2.45) is 28.9 Å². The fourth-order valence-corrected chi connectivity index (χ4v) is 4.77. The van der Waals surface area contributed by atoms with Crippen molar-refractivity contribution in [1.29, 1.82) is 0 Å². The van der Waals surface area contributed by atoms with Gasteiger partial charge in [0.15, 0.2) is 0 Å². The number of carbonyl (C=O) groups excluding carboxylic acids is 5. The van der Waals surface area contributed by atoms with Gasteiger partial charge in [-0.1, -0.05) is 19.9 Å². The van der Waals surface area contributed by atoms with E-state index in [-0.39, 0.29) is 38.0 Å². The Kier molecular flexibility index (Phi) is 23.5. The van der Waals surface area contributed by atoms with Gasteiger partial charge in [-0.15, -0.1) is 6.58 Å². The zero-order valence-corrected chi connectivity index (χ0v) is 28.9. The zero-order valence-electron chi connectivity index (χ0n) is 28.9. The molecular formula is C32H61N9O7. The molecule has 48 heavy (non-hydrogen) atoms. The maximum Gasteiger partial charge on any atom is 0.326 e. The van der Waals surface area contributed by atoms with Crippen molar-refractivity contribution < 1.29 is 33.9 Å². The van der Waals surface area contributed by atoms with Crippen LogP contribution in [0.15, 0.2) is 12.7 Å². The van der Waals surface area contributed by atoms with Crippen LogP contribution in [0.2, 0.25) is 0 Å². The molecule has 0 heterocycles. The van der Waals surface area contributed by atoms with Gasteiger partial charge >= 0.3 is 5.97 Å². The highest BCUT2D eigenvalue weighted by Gasteiger charge is 2.32. The second-order valence-corrected chi connectivity index (χ2v) is 12.4. The van der Waals surface area contributed by atoms with Crippen molar-refractivity contribution in [1.82, 2.24) is 26.6 Å². The van der Waals surface area contributed by atoms with E-state index in [1.54, 1.807) is 0 Å². The molecule has 0 bridgehead atoms. The Balaban J connectivity index is 6.02.